The van der Waals surface area contributed by atoms with Crippen LogP contribution < -0.4 is 10.5 Å². The Labute approximate surface area is 83.9 Å². The standard InChI is InChI=1S/C11H15NO2/c1-3-8(2)14-10-6-4-5-9(7-10)11(12)13/h4-8H,3H2,1-2H3,(H2,12,13)/t8-/m0/s1. The van der Waals surface area contributed by atoms with E-state index in [-0.39, 0.29) is 6.10 Å². The zero-order valence-corrected chi connectivity index (χ0v) is 8.49. The lowest BCUT2D eigenvalue weighted by molar-refractivity contribution is 0.0999. The molecule has 0 aromatic heterocycles. The number of benzene rings is 1. The fraction of sp³-hybridized carbons (Fsp3) is 0.364. The lowest BCUT2D eigenvalue weighted by atomic mass is 10.2. The molecule has 0 aliphatic carbocycles. The predicted molar refractivity (Wildman–Crippen MR) is 55.3 cm³/mol. The van der Waals surface area contributed by atoms with Crippen molar-refractivity contribution in [2.45, 2.75) is 26.4 Å². The van der Waals surface area contributed by atoms with Crippen LogP contribution in [0.1, 0.15) is 30.6 Å². The van der Waals surface area contributed by atoms with Crippen molar-refractivity contribution in [1.29, 1.82) is 0 Å². The molecule has 1 rings (SSSR count). The van der Waals surface area contributed by atoms with Gasteiger partial charge in [-0.05, 0) is 31.5 Å². The van der Waals surface area contributed by atoms with Gasteiger partial charge in [0.25, 0.3) is 0 Å². The van der Waals surface area contributed by atoms with E-state index in [0.717, 1.165) is 6.42 Å². The van der Waals surface area contributed by atoms with E-state index < -0.39 is 5.91 Å². The van der Waals surface area contributed by atoms with Crippen LogP contribution in [0.2, 0.25) is 0 Å². The highest BCUT2D eigenvalue weighted by molar-refractivity contribution is 5.93. The maximum absolute atomic E-state index is 10.9. The van der Waals surface area contributed by atoms with Crippen LogP contribution in [0, 0.1) is 0 Å². The molecule has 1 amide bonds. The van der Waals surface area contributed by atoms with Gasteiger partial charge in [0.1, 0.15) is 5.75 Å². The molecule has 0 aliphatic heterocycles. The van der Waals surface area contributed by atoms with Crippen molar-refractivity contribution in [2.24, 2.45) is 5.73 Å². The highest BCUT2D eigenvalue weighted by Gasteiger charge is 2.04. The molecule has 1 aromatic carbocycles. The molecular formula is C11H15NO2. The molecule has 1 aromatic rings. The normalized spacial score (nSPS) is 12.1. The summed E-state index contributed by atoms with van der Waals surface area (Å²) in [5.74, 6) is 0.259. The van der Waals surface area contributed by atoms with Gasteiger partial charge >= 0.3 is 0 Å². The maximum atomic E-state index is 10.9. The van der Waals surface area contributed by atoms with Gasteiger partial charge < -0.3 is 10.5 Å². The van der Waals surface area contributed by atoms with Crippen molar-refractivity contribution in [3.63, 3.8) is 0 Å². The minimum atomic E-state index is -0.431. The number of amides is 1. The van der Waals surface area contributed by atoms with Crippen LogP contribution in [-0.2, 0) is 0 Å². The highest BCUT2D eigenvalue weighted by atomic mass is 16.5. The monoisotopic (exact) mass is 193 g/mol. The number of carbonyl (C=O) groups is 1. The van der Waals surface area contributed by atoms with E-state index in [1.165, 1.54) is 0 Å². The molecule has 0 aliphatic rings. The largest absolute Gasteiger partial charge is 0.491 e. The Morgan fingerprint density at radius 1 is 1.57 bits per heavy atom. The molecule has 0 fully saturated rings. The van der Waals surface area contributed by atoms with E-state index in [0.29, 0.717) is 11.3 Å². The minimum Gasteiger partial charge on any atom is -0.491 e. The third-order valence-electron chi connectivity index (χ3n) is 2.03. The van der Waals surface area contributed by atoms with E-state index >= 15 is 0 Å². The van der Waals surface area contributed by atoms with Gasteiger partial charge in [0, 0.05) is 5.56 Å². The molecule has 0 unspecified atom stereocenters. The first kappa shape index (κ1) is 10.6. The van der Waals surface area contributed by atoms with Gasteiger partial charge in [0.05, 0.1) is 6.10 Å². The van der Waals surface area contributed by atoms with Crippen LogP contribution in [0.5, 0.6) is 5.75 Å². The van der Waals surface area contributed by atoms with Gasteiger partial charge in [-0.3, -0.25) is 4.79 Å². The summed E-state index contributed by atoms with van der Waals surface area (Å²) in [6, 6.07) is 6.91. The topological polar surface area (TPSA) is 52.3 Å². The smallest absolute Gasteiger partial charge is 0.248 e. The average molecular weight is 193 g/mol. The lowest BCUT2D eigenvalue weighted by Gasteiger charge is -2.12. The van der Waals surface area contributed by atoms with Crippen molar-refractivity contribution >= 4 is 5.91 Å². The summed E-state index contributed by atoms with van der Waals surface area (Å²) < 4.78 is 5.55. The summed E-state index contributed by atoms with van der Waals surface area (Å²) in [5, 5.41) is 0. The molecular weight excluding hydrogens is 178 g/mol. The molecule has 0 bridgehead atoms. The molecule has 0 heterocycles. The molecule has 1 atom stereocenters. The number of ether oxygens (including phenoxy) is 1. The van der Waals surface area contributed by atoms with Crippen molar-refractivity contribution in [2.75, 3.05) is 0 Å². The van der Waals surface area contributed by atoms with Gasteiger partial charge in [-0.15, -0.1) is 0 Å². The third-order valence-corrected chi connectivity index (χ3v) is 2.03. The van der Waals surface area contributed by atoms with Crippen molar-refractivity contribution < 1.29 is 9.53 Å². The summed E-state index contributed by atoms with van der Waals surface area (Å²) in [5.41, 5.74) is 5.63. The summed E-state index contributed by atoms with van der Waals surface area (Å²) in [4.78, 5) is 10.9. The Bertz CT molecular complexity index is 323. The first-order valence-electron chi connectivity index (χ1n) is 4.70. The average Bonchev–Trinajstić information content (AvgIpc) is 2.18. The Morgan fingerprint density at radius 2 is 2.29 bits per heavy atom. The fourth-order valence-electron chi connectivity index (χ4n) is 1.04. The van der Waals surface area contributed by atoms with Crippen molar-refractivity contribution in [3.05, 3.63) is 29.8 Å². The summed E-state index contributed by atoms with van der Waals surface area (Å²) in [6.45, 7) is 4.03. The Morgan fingerprint density at radius 3 is 2.86 bits per heavy atom. The predicted octanol–water partition coefficient (Wildman–Crippen LogP) is 1.96. The molecule has 3 heteroatoms. The van der Waals surface area contributed by atoms with Gasteiger partial charge in [-0.1, -0.05) is 13.0 Å². The van der Waals surface area contributed by atoms with E-state index in [4.69, 9.17) is 10.5 Å². The summed E-state index contributed by atoms with van der Waals surface area (Å²) in [7, 11) is 0. The second-order valence-corrected chi connectivity index (χ2v) is 3.23. The van der Waals surface area contributed by atoms with E-state index in [9.17, 15) is 4.79 Å². The van der Waals surface area contributed by atoms with Crippen LogP contribution in [0.4, 0.5) is 0 Å². The first-order valence-corrected chi connectivity index (χ1v) is 4.70. The quantitative estimate of drug-likeness (QED) is 0.794. The number of carbonyl (C=O) groups excluding carboxylic acids is 1. The third kappa shape index (κ3) is 2.76. The number of hydrogen-bond donors (Lipinski definition) is 1. The SMILES string of the molecule is CC[C@H](C)Oc1cccc(C(N)=O)c1. The number of primary amides is 1. The second kappa shape index (κ2) is 4.65. The molecule has 0 saturated carbocycles. The van der Waals surface area contributed by atoms with E-state index in [1.54, 1.807) is 18.2 Å². The minimum absolute atomic E-state index is 0.151. The Hall–Kier alpha value is -1.51. The van der Waals surface area contributed by atoms with Crippen LogP contribution in [-0.4, -0.2) is 12.0 Å². The van der Waals surface area contributed by atoms with Gasteiger partial charge in [-0.2, -0.15) is 0 Å². The van der Waals surface area contributed by atoms with Crippen molar-refractivity contribution in [3.8, 4) is 5.75 Å². The first-order chi connectivity index (χ1) is 6.63. The zero-order valence-electron chi connectivity index (χ0n) is 8.49. The lowest BCUT2D eigenvalue weighted by Crippen LogP contribution is -2.13. The second-order valence-electron chi connectivity index (χ2n) is 3.23. The van der Waals surface area contributed by atoms with Crippen LogP contribution in [0.25, 0.3) is 0 Å². The van der Waals surface area contributed by atoms with Gasteiger partial charge in [0.2, 0.25) is 5.91 Å². The van der Waals surface area contributed by atoms with Gasteiger partial charge in [-0.25, -0.2) is 0 Å². The molecule has 2 N–H and O–H groups in total. The molecule has 0 radical (unpaired) electrons. The number of rotatable bonds is 4. The number of hydrogen-bond acceptors (Lipinski definition) is 2. The Balaban J connectivity index is 2.78. The molecule has 14 heavy (non-hydrogen) atoms. The van der Waals surface area contributed by atoms with E-state index in [1.807, 2.05) is 19.9 Å². The molecule has 0 spiro atoms. The van der Waals surface area contributed by atoms with Gasteiger partial charge in [0.15, 0.2) is 0 Å². The Kier molecular flexibility index (Phi) is 3.51. The molecule has 3 nitrogen and oxygen atoms in total. The van der Waals surface area contributed by atoms with Crippen LogP contribution >= 0.6 is 0 Å². The molecule has 76 valence electrons. The zero-order chi connectivity index (χ0) is 10.6. The maximum Gasteiger partial charge on any atom is 0.248 e. The van der Waals surface area contributed by atoms with Crippen molar-refractivity contribution in [1.82, 2.24) is 0 Å². The fourth-order valence-corrected chi connectivity index (χ4v) is 1.04. The van der Waals surface area contributed by atoms with E-state index in [2.05, 4.69) is 0 Å². The highest BCUT2D eigenvalue weighted by Crippen LogP contribution is 2.15. The molecule has 0 saturated heterocycles. The summed E-state index contributed by atoms with van der Waals surface area (Å²) in [6.07, 6.45) is 1.08. The van der Waals surface area contributed by atoms with Crippen LogP contribution in [0.3, 0.4) is 0 Å². The van der Waals surface area contributed by atoms with Crippen LogP contribution in [0.15, 0.2) is 24.3 Å². The summed E-state index contributed by atoms with van der Waals surface area (Å²) >= 11 is 0. The number of nitrogens with two attached hydrogens (primary N) is 1.